The van der Waals surface area contributed by atoms with E-state index in [0.717, 1.165) is 12.6 Å². The minimum absolute atomic E-state index is 0.222. The normalized spacial score (nSPS) is 22.6. The van der Waals surface area contributed by atoms with Crippen molar-refractivity contribution >= 4 is 11.3 Å². The summed E-state index contributed by atoms with van der Waals surface area (Å²) in [7, 11) is 1.84. The van der Waals surface area contributed by atoms with Gasteiger partial charge < -0.3 is 10.1 Å². The summed E-state index contributed by atoms with van der Waals surface area (Å²) in [5.74, 6) is 0.675. The van der Waals surface area contributed by atoms with Gasteiger partial charge in [0.25, 0.3) is 0 Å². The molecule has 1 atom stereocenters. The second-order valence-corrected chi connectivity index (χ2v) is 6.78. The van der Waals surface area contributed by atoms with Crippen molar-refractivity contribution in [3.63, 3.8) is 0 Å². The second kappa shape index (κ2) is 6.33. The fraction of sp³-hybridized carbons (Fsp3) is 0.800. The largest absolute Gasteiger partial charge is 0.374 e. The number of nitrogens with one attached hydrogen (secondary N) is 1. The van der Waals surface area contributed by atoms with E-state index in [-0.39, 0.29) is 6.10 Å². The van der Waals surface area contributed by atoms with Crippen LogP contribution in [0.1, 0.15) is 61.8 Å². The summed E-state index contributed by atoms with van der Waals surface area (Å²) in [6.07, 6.45) is 9.58. The van der Waals surface area contributed by atoms with Crippen molar-refractivity contribution in [2.75, 3.05) is 7.11 Å². The fourth-order valence-corrected chi connectivity index (χ4v) is 3.99. The number of nitrogens with zero attached hydrogens (tertiary/aromatic N) is 1. The van der Waals surface area contributed by atoms with Crippen LogP contribution in [-0.2, 0) is 11.3 Å². The summed E-state index contributed by atoms with van der Waals surface area (Å²) in [6, 6.07) is 0.752. The fourth-order valence-electron chi connectivity index (χ4n) is 3.00. The third kappa shape index (κ3) is 3.56. The molecule has 19 heavy (non-hydrogen) atoms. The van der Waals surface area contributed by atoms with Gasteiger partial charge in [0.15, 0.2) is 0 Å². The van der Waals surface area contributed by atoms with Gasteiger partial charge in [-0.05, 0) is 31.6 Å². The standard InChI is InChI=1S/C15H24N2OS/c1-18-14(11-5-3-2-4-6-11)15-17-13(10-19-15)9-16-12-7-8-12/h10-12,14,16H,2-9H2,1H3. The molecule has 0 aliphatic heterocycles. The molecule has 1 aromatic heterocycles. The number of rotatable bonds is 6. The predicted octanol–water partition coefficient (Wildman–Crippen LogP) is 3.66. The molecule has 106 valence electrons. The predicted molar refractivity (Wildman–Crippen MR) is 78.3 cm³/mol. The first-order valence-electron chi connectivity index (χ1n) is 7.57. The Morgan fingerprint density at radius 1 is 1.32 bits per heavy atom. The van der Waals surface area contributed by atoms with Crippen LogP contribution in [0, 0.1) is 5.92 Å². The quantitative estimate of drug-likeness (QED) is 0.863. The number of hydrogen-bond donors (Lipinski definition) is 1. The number of methoxy groups -OCH3 is 1. The maximum atomic E-state index is 5.75. The smallest absolute Gasteiger partial charge is 0.122 e. The molecule has 1 aromatic rings. The second-order valence-electron chi connectivity index (χ2n) is 5.89. The maximum absolute atomic E-state index is 5.75. The summed E-state index contributed by atoms with van der Waals surface area (Å²) in [5.41, 5.74) is 1.18. The molecule has 1 heterocycles. The molecule has 0 saturated heterocycles. The van der Waals surface area contributed by atoms with Gasteiger partial charge in [0, 0.05) is 25.1 Å². The molecular weight excluding hydrogens is 256 g/mol. The van der Waals surface area contributed by atoms with Gasteiger partial charge in [0.2, 0.25) is 0 Å². The van der Waals surface area contributed by atoms with E-state index in [1.807, 2.05) is 7.11 Å². The highest BCUT2D eigenvalue weighted by Gasteiger charge is 2.27. The molecule has 0 bridgehead atoms. The van der Waals surface area contributed by atoms with Crippen molar-refractivity contribution in [2.24, 2.45) is 5.92 Å². The van der Waals surface area contributed by atoms with Gasteiger partial charge in [-0.25, -0.2) is 4.98 Å². The van der Waals surface area contributed by atoms with Crippen molar-refractivity contribution in [1.29, 1.82) is 0 Å². The molecule has 2 fully saturated rings. The molecule has 0 spiro atoms. The van der Waals surface area contributed by atoms with Gasteiger partial charge in [-0.1, -0.05) is 19.3 Å². The minimum atomic E-state index is 0.222. The summed E-state index contributed by atoms with van der Waals surface area (Å²) in [6.45, 7) is 0.919. The molecule has 3 rings (SSSR count). The van der Waals surface area contributed by atoms with Crippen LogP contribution >= 0.6 is 11.3 Å². The van der Waals surface area contributed by atoms with Crippen LogP contribution in [0.15, 0.2) is 5.38 Å². The molecule has 4 heteroatoms. The summed E-state index contributed by atoms with van der Waals surface area (Å²) in [4.78, 5) is 4.79. The van der Waals surface area contributed by atoms with Gasteiger partial charge in [-0.15, -0.1) is 11.3 Å². The number of thiazole rings is 1. The zero-order chi connectivity index (χ0) is 13.1. The highest BCUT2D eigenvalue weighted by atomic mass is 32.1. The molecule has 0 aromatic carbocycles. The van der Waals surface area contributed by atoms with E-state index < -0.39 is 0 Å². The Hall–Kier alpha value is -0.450. The van der Waals surface area contributed by atoms with Crippen LogP contribution < -0.4 is 5.32 Å². The van der Waals surface area contributed by atoms with E-state index in [2.05, 4.69) is 10.7 Å². The van der Waals surface area contributed by atoms with Gasteiger partial charge in [0.05, 0.1) is 5.69 Å². The van der Waals surface area contributed by atoms with Crippen molar-refractivity contribution in [3.05, 3.63) is 16.1 Å². The molecule has 1 N–H and O–H groups in total. The van der Waals surface area contributed by atoms with E-state index in [4.69, 9.17) is 9.72 Å². The highest BCUT2D eigenvalue weighted by Crippen LogP contribution is 2.37. The highest BCUT2D eigenvalue weighted by molar-refractivity contribution is 7.09. The van der Waals surface area contributed by atoms with Crippen LogP contribution in [0.4, 0.5) is 0 Å². The van der Waals surface area contributed by atoms with Crippen LogP contribution in [0.25, 0.3) is 0 Å². The van der Waals surface area contributed by atoms with Crippen molar-refractivity contribution in [1.82, 2.24) is 10.3 Å². The lowest BCUT2D eigenvalue weighted by Gasteiger charge is -2.27. The molecule has 2 aliphatic carbocycles. The lowest BCUT2D eigenvalue weighted by atomic mass is 9.85. The van der Waals surface area contributed by atoms with E-state index >= 15 is 0 Å². The Labute approximate surface area is 119 Å². The van der Waals surface area contributed by atoms with Crippen LogP contribution in [-0.4, -0.2) is 18.1 Å². The summed E-state index contributed by atoms with van der Waals surface area (Å²) in [5, 5.41) is 6.90. The summed E-state index contributed by atoms with van der Waals surface area (Å²) >= 11 is 1.77. The van der Waals surface area contributed by atoms with Crippen molar-refractivity contribution in [2.45, 2.75) is 63.6 Å². The Kier molecular flexibility index (Phi) is 4.51. The molecule has 3 nitrogen and oxygen atoms in total. The Morgan fingerprint density at radius 2 is 2.11 bits per heavy atom. The Balaban J connectivity index is 1.61. The van der Waals surface area contributed by atoms with E-state index in [1.54, 1.807) is 11.3 Å². The monoisotopic (exact) mass is 280 g/mol. The first-order chi connectivity index (χ1) is 9.36. The van der Waals surface area contributed by atoms with Gasteiger partial charge >= 0.3 is 0 Å². The lowest BCUT2D eigenvalue weighted by Crippen LogP contribution is -2.18. The Morgan fingerprint density at radius 3 is 2.79 bits per heavy atom. The Bertz CT molecular complexity index is 397. The molecule has 2 saturated carbocycles. The third-order valence-corrected chi connectivity index (χ3v) is 5.25. The zero-order valence-electron chi connectivity index (χ0n) is 11.7. The minimum Gasteiger partial charge on any atom is -0.374 e. The van der Waals surface area contributed by atoms with Crippen molar-refractivity contribution in [3.8, 4) is 0 Å². The SMILES string of the molecule is COC(c1nc(CNC2CC2)cs1)C1CCCCC1. The van der Waals surface area contributed by atoms with Gasteiger partial charge in [-0.3, -0.25) is 0 Å². The number of aromatic nitrogens is 1. The molecular formula is C15H24N2OS. The van der Waals surface area contributed by atoms with Crippen LogP contribution in [0.5, 0.6) is 0 Å². The average molecular weight is 280 g/mol. The summed E-state index contributed by atoms with van der Waals surface area (Å²) < 4.78 is 5.75. The average Bonchev–Trinajstić information content (AvgIpc) is 3.17. The third-order valence-electron chi connectivity index (χ3n) is 4.29. The zero-order valence-corrected chi connectivity index (χ0v) is 12.5. The number of hydrogen-bond acceptors (Lipinski definition) is 4. The topological polar surface area (TPSA) is 34.1 Å². The van der Waals surface area contributed by atoms with Gasteiger partial charge in [0.1, 0.15) is 11.1 Å². The first-order valence-corrected chi connectivity index (χ1v) is 8.45. The van der Waals surface area contributed by atoms with Crippen LogP contribution in [0.2, 0.25) is 0 Å². The molecule has 0 amide bonds. The maximum Gasteiger partial charge on any atom is 0.122 e. The van der Waals surface area contributed by atoms with Gasteiger partial charge in [-0.2, -0.15) is 0 Å². The van der Waals surface area contributed by atoms with E-state index in [0.29, 0.717) is 5.92 Å². The van der Waals surface area contributed by atoms with Crippen molar-refractivity contribution < 1.29 is 4.74 Å². The first kappa shape index (κ1) is 13.5. The van der Waals surface area contributed by atoms with E-state index in [1.165, 1.54) is 55.6 Å². The molecule has 1 unspecified atom stereocenters. The van der Waals surface area contributed by atoms with E-state index in [9.17, 15) is 0 Å². The molecule has 0 radical (unpaired) electrons. The van der Waals surface area contributed by atoms with Crippen LogP contribution in [0.3, 0.4) is 0 Å². The molecule has 2 aliphatic rings. The number of ether oxygens (including phenoxy) is 1. The lowest BCUT2D eigenvalue weighted by molar-refractivity contribution is 0.0351.